The first-order chi connectivity index (χ1) is 11.4. The van der Waals surface area contributed by atoms with Crippen molar-refractivity contribution in [1.82, 2.24) is 20.4 Å². The number of nitrogens with zero attached hydrogens (tertiary/aromatic N) is 3. The van der Waals surface area contributed by atoms with E-state index in [4.69, 9.17) is 16.1 Å². The van der Waals surface area contributed by atoms with Gasteiger partial charge in [0.1, 0.15) is 6.42 Å². The minimum Gasteiger partial charge on any atom is -0.338 e. The quantitative estimate of drug-likeness (QED) is 0.857. The van der Waals surface area contributed by atoms with Crippen molar-refractivity contribution in [1.29, 1.82) is 0 Å². The van der Waals surface area contributed by atoms with Crippen molar-refractivity contribution in [3.8, 4) is 0 Å². The van der Waals surface area contributed by atoms with Crippen LogP contribution in [0.25, 0.3) is 0 Å². The summed E-state index contributed by atoms with van der Waals surface area (Å²) in [4.78, 5) is 5.92. The van der Waals surface area contributed by atoms with Crippen molar-refractivity contribution in [3.63, 3.8) is 0 Å². The molecule has 0 saturated carbocycles. The highest BCUT2D eigenvalue weighted by Crippen LogP contribution is 2.29. The molecule has 5 nitrogen and oxygen atoms in total. The summed E-state index contributed by atoms with van der Waals surface area (Å²) in [5.41, 5.74) is 0.960. The molecule has 1 saturated heterocycles. The van der Waals surface area contributed by atoms with Gasteiger partial charge in [0.25, 0.3) is 0 Å². The first kappa shape index (κ1) is 20.0. The third kappa shape index (κ3) is 5.31. The van der Waals surface area contributed by atoms with Gasteiger partial charge in [-0.05, 0) is 11.6 Å². The topological polar surface area (TPSA) is 54.2 Å². The lowest BCUT2D eigenvalue weighted by molar-refractivity contribution is -0.128. The number of piperazine rings is 1. The maximum absolute atomic E-state index is 12.4. The summed E-state index contributed by atoms with van der Waals surface area (Å²) in [6.07, 6.45) is -5.54. The second kappa shape index (κ2) is 8.35. The third-order valence-electron chi connectivity index (χ3n) is 3.83. The molecule has 0 spiro atoms. The molecule has 1 N–H and O–H groups in total. The molecule has 1 aromatic heterocycles. The monoisotopic (exact) mass is 396 g/mol. The predicted octanol–water partition coefficient (Wildman–Crippen LogP) is 3.40. The van der Waals surface area contributed by atoms with E-state index in [0.717, 1.165) is 12.1 Å². The van der Waals surface area contributed by atoms with Crippen LogP contribution in [0.3, 0.4) is 0 Å². The molecule has 1 aliphatic heterocycles. The van der Waals surface area contributed by atoms with E-state index in [1.165, 1.54) is 0 Å². The maximum Gasteiger partial charge on any atom is 0.396 e. The summed E-state index contributed by atoms with van der Waals surface area (Å²) >= 11 is 6.27. The molecule has 0 amide bonds. The number of rotatable bonds is 4. The molecule has 10 heteroatoms. The normalized spacial score (nSPS) is 18.8. The number of benzene rings is 1. The molecule has 1 atom stereocenters. The zero-order chi connectivity index (χ0) is 17.2. The third-order valence-corrected chi connectivity index (χ3v) is 4.17. The van der Waals surface area contributed by atoms with Gasteiger partial charge in [0, 0.05) is 30.7 Å². The lowest BCUT2D eigenvalue weighted by Crippen LogP contribution is -2.45. The molecule has 2 heterocycles. The lowest BCUT2D eigenvalue weighted by atomic mass is 10.0. The molecule has 0 aliphatic carbocycles. The highest BCUT2D eigenvalue weighted by molar-refractivity contribution is 6.31. The first-order valence-corrected chi connectivity index (χ1v) is 7.87. The molecule has 138 valence electrons. The minimum absolute atomic E-state index is 0. The molecule has 2 aromatic rings. The SMILES string of the molecule is Cl.FC(F)(F)Cc1noc(CN2CCNCC2c2ccccc2Cl)n1. The Hall–Kier alpha value is -1.35. The average Bonchev–Trinajstić information content (AvgIpc) is 2.93. The van der Waals surface area contributed by atoms with Crippen molar-refractivity contribution in [3.05, 3.63) is 46.6 Å². The van der Waals surface area contributed by atoms with Crippen molar-refractivity contribution < 1.29 is 17.7 Å². The molecule has 3 rings (SSSR count). The summed E-state index contributed by atoms with van der Waals surface area (Å²) in [5.74, 6) is -0.171. The van der Waals surface area contributed by atoms with Gasteiger partial charge in [-0.2, -0.15) is 18.2 Å². The van der Waals surface area contributed by atoms with Gasteiger partial charge in [-0.3, -0.25) is 4.90 Å². The van der Waals surface area contributed by atoms with Crippen LogP contribution in [0.2, 0.25) is 5.02 Å². The number of nitrogens with one attached hydrogen (secondary N) is 1. The fourth-order valence-corrected chi connectivity index (χ4v) is 3.03. The van der Waals surface area contributed by atoms with Crippen LogP contribution in [0.4, 0.5) is 13.2 Å². The Kier molecular flexibility index (Phi) is 6.67. The van der Waals surface area contributed by atoms with Gasteiger partial charge in [0.15, 0.2) is 5.82 Å². The number of alkyl halides is 3. The van der Waals surface area contributed by atoms with Crippen molar-refractivity contribution >= 4 is 24.0 Å². The van der Waals surface area contributed by atoms with Crippen LogP contribution in [0, 0.1) is 0 Å². The van der Waals surface area contributed by atoms with Crippen molar-refractivity contribution in [2.24, 2.45) is 0 Å². The Morgan fingerprint density at radius 3 is 2.80 bits per heavy atom. The summed E-state index contributed by atoms with van der Waals surface area (Å²) in [5, 5.41) is 7.36. The maximum atomic E-state index is 12.4. The first-order valence-electron chi connectivity index (χ1n) is 7.50. The van der Waals surface area contributed by atoms with E-state index in [-0.39, 0.29) is 36.7 Å². The van der Waals surface area contributed by atoms with Crippen LogP contribution in [0.1, 0.15) is 23.3 Å². The highest BCUT2D eigenvalue weighted by Gasteiger charge is 2.31. The zero-order valence-electron chi connectivity index (χ0n) is 13.1. The standard InChI is InChI=1S/C15H16ClF3N4O.ClH/c16-11-4-2-1-3-10(11)12-8-20-5-6-23(12)9-14-21-13(22-24-14)7-15(17,18)19;/h1-4,12,20H,5-9H2;1H. The summed E-state index contributed by atoms with van der Waals surface area (Å²) in [6.45, 7) is 2.44. The van der Waals surface area contributed by atoms with E-state index in [1.54, 1.807) is 0 Å². The van der Waals surface area contributed by atoms with Crippen LogP contribution in [-0.4, -0.2) is 40.9 Å². The number of halogens is 5. The number of hydrogen-bond donors (Lipinski definition) is 1. The summed E-state index contributed by atoms with van der Waals surface area (Å²) < 4.78 is 42.1. The van der Waals surface area contributed by atoms with E-state index >= 15 is 0 Å². The minimum atomic E-state index is -4.35. The summed E-state index contributed by atoms with van der Waals surface area (Å²) in [6, 6.07) is 7.51. The van der Waals surface area contributed by atoms with Gasteiger partial charge in [-0.1, -0.05) is 35.0 Å². The van der Waals surface area contributed by atoms with Crippen LogP contribution in [0.5, 0.6) is 0 Å². The molecule has 0 bridgehead atoms. The molecule has 1 fully saturated rings. The Labute approximate surface area is 153 Å². The Balaban J connectivity index is 0.00000225. The molecule has 1 aliphatic rings. The average molecular weight is 397 g/mol. The zero-order valence-corrected chi connectivity index (χ0v) is 14.7. The Bertz CT molecular complexity index is 695. The van der Waals surface area contributed by atoms with E-state index in [9.17, 15) is 13.2 Å². The molecular weight excluding hydrogens is 380 g/mol. The smallest absolute Gasteiger partial charge is 0.338 e. The van der Waals surface area contributed by atoms with Crippen LogP contribution in [-0.2, 0) is 13.0 Å². The van der Waals surface area contributed by atoms with E-state index in [1.807, 2.05) is 24.3 Å². The van der Waals surface area contributed by atoms with Gasteiger partial charge in [-0.15, -0.1) is 12.4 Å². The second-order valence-corrected chi connectivity index (χ2v) is 6.02. The molecule has 1 unspecified atom stereocenters. The number of aromatic nitrogens is 2. The van der Waals surface area contributed by atoms with Crippen LogP contribution >= 0.6 is 24.0 Å². The molecule has 0 radical (unpaired) electrons. The van der Waals surface area contributed by atoms with E-state index in [0.29, 0.717) is 18.1 Å². The second-order valence-electron chi connectivity index (χ2n) is 5.61. The molecular formula is C15H17Cl2F3N4O. The molecule has 1 aromatic carbocycles. The van der Waals surface area contributed by atoms with Gasteiger partial charge >= 0.3 is 6.18 Å². The Morgan fingerprint density at radius 2 is 2.08 bits per heavy atom. The highest BCUT2D eigenvalue weighted by atomic mass is 35.5. The van der Waals surface area contributed by atoms with Crippen molar-refractivity contribution in [2.45, 2.75) is 25.2 Å². The van der Waals surface area contributed by atoms with Gasteiger partial charge in [0.2, 0.25) is 5.89 Å². The van der Waals surface area contributed by atoms with E-state index in [2.05, 4.69) is 20.4 Å². The fraction of sp³-hybridized carbons (Fsp3) is 0.467. The lowest BCUT2D eigenvalue weighted by Gasteiger charge is -2.35. The fourth-order valence-electron chi connectivity index (χ4n) is 2.77. The van der Waals surface area contributed by atoms with Crippen LogP contribution < -0.4 is 5.32 Å². The van der Waals surface area contributed by atoms with Crippen LogP contribution in [0.15, 0.2) is 28.8 Å². The summed E-state index contributed by atoms with van der Waals surface area (Å²) in [7, 11) is 0. The van der Waals surface area contributed by atoms with Gasteiger partial charge in [-0.25, -0.2) is 0 Å². The van der Waals surface area contributed by atoms with Crippen molar-refractivity contribution in [2.75, 3.05) is 19.6 Å². The molecule has 25 heavy (non-hydrogen) atoms. The largest absolute Gasteiger partial charge is 0.396 e. The Morgan fingerprint density at radius 1 is 1.32 bits per heavy atom. The van der Waals surface area contributed by atoms with E-state index < -0.39 is 12.6 Å². The van der Waals surface area contributed by atoms with Gasteiger partial charge in [0.05, 0.1) is 6.54 Å². The van der Waals surface area contributed by atoms with Gasteiger partial charge < -0.3 is 9.84 Å². The number of hydrogen-bond acceptors (Lipinski definition) is 5. The predicted molar refractivity (Wildman–Crippen MR) is 88.8 cm³/mol.